The van der Waals surface area contributed by atoms with Crippen molar-refractivity contribution in [3.05, 3.63) is 35.4 Å². The minimum Gasteiger partial charge on any atom is -0.314 e. The van der Waals surface area contributed by atoms with E-state index in [1.54, 1.807) is 0 Å². The molecule has 2 rings (SSSR count). The summed E-state index contributed by atoms with van der Waals surface area (Å²) in [6.07, 6.45) is 0. The maximum atomic E-state index is 3.42. The Hall–Kier alpha value is -0.860. The molecular weight excluding hydrogens is 184 g/mol. The third-order valence-corrected chi connectivity index (χ3v) is 3.15. The molecule has 2 nitrogen and oxygen atoms in total. The van der Waals surface area contributed by atoms with Crippen LogP contribution in [0.2, 0.25) is 0 Å². The first-order valence-electron chi connectivity index (χ1n) is 5.76. The fourth-order valence-corrected chi connectivity index (χ4v) is 2.05. The molecule has 1 aromatic carbocycles. The molecule has 0 radical (unpaired) electrons. The van der Waals surface area contributed by atoms with Crippen molar-refractivity contribution in [2.75, 3.05) is 19.6 Å². The van der Waals surface area contributed by atoms with Crippen molar-refractivity contribution in [1.29, 1.82) is 0 Å². The summed E-state index contributed by atoms with van der Waals surface area (Å²) in [5, 5.41) is 3.42. The predicted molar refractivity (Wildman–Crippen MR) is 63.9 cm³/mol. The van der Waals surface area contributed by atoms with Crippen molar-refractivity contribution in [2.24, 2.45) is 0 Å². The highest BCUT2D eigenvalue weighted by atomic mass is 15.2. The van der Waals surface area contributed by atoms with Crippen LogP contribution in [0.25, 0.3) is 0 Å². The SMILES string of the molecule is Cc1ccc(CN2CCNCC2C)cc1. The van der Waals surface area contributed by atoms with Crippen LogP contribution in [0.15, 0.2) is 24.3 Å². The second-order valence-electron chi connectivity index (χ2n) is 4.51. The Balaban J connectivity index is 1.98. The average molecular weight is 204 g/mol. The van der Waals surface area contributed by atoms with Crippen LogP contribution in [0.1, 0.15) is 18.1 Å². The van der Waals surface area contributed by atoms with Gasteiger partial charge in [-0.15, -0.1) is 0 Å². The molecule has 0 saturated carbocycles. The van der Waals surface area contributed by atoms with Gasteiger partial charge in [0.1, 0.15) is 0 Å². The Morgan fingerprint density at radius 3 is 2.73 bits per heavy atom. The third kappa shape index (κ3) is 2.80. The van der Waals surface area contributed by atoms with Crippen LogP contribution in [0.3, 0.4) is 0 Å². The van der Waals surface area contributed by atoms with Crippen molar-refractivity contribution >= 4 is 0 Å². The number of aryl methyl sites for hydroxylation is 1. The highest BCUT2D eigenvalue weighted by Crippen LogP contribution is 2.10. The maximum absolute atomic E-state index is 3.42. The lowest BCUT2D eigenvalue weighted by molar-refractivity contribution is 0.165. The third-order valence-electron chi connectivity index (χ3n) is 3.15. The smallest absolute Gasteiger partial charge is 0.0237 e. The van der Waals surface area contributed by atoms with Crippen molar-refractivity contribution in [2.45, 2.75) is 26.4 Å². The van der Waals surface area contributed by atoms with E-state index in [1.807, 2.05) is 0 Å². The number of piperazine rings is 1. The second-order valence-corrected chi connectivity index (χ2v) is 4.51. The monoisotopic (exact) mass is 204 g/mol. The fourth-order valence-electron chi connectivity index (χ4n) is 2.05. The lowest BCUT2D eigenvalue weighted by Gasteiger charge is -2.33. The number of nitrogens with zero attached hydrogens (tertiary/aromatic N) is 1. The summed E-state index contributed by atoms with van der Waals surface area (Å²) < 4.78 is 0. The fraction of sp³-hybridized carbons (Fsp3) is 0.538. The minimum absolute atomic E-state index is 0.653. The molecule has 0 spiro atoms. The van der Waals surface area contributed by atoms with Crippen molar-refractivity contribution in [3.63, 3.8) is 0 Å². The van der Waals surface area contributed by atoms with Gasteiger partial charge in [-0.25, -0.2) is 0 Å². The van der Waals surface area contributed by atoms with Crippen LogP contribution in [0.4, 0.5) is 0 Å². The average Bonchev–Trinajstić information content (AvgIpc) is 2.25. The molecule has 1 fully saturated rings. The normalized spacial score (nSPS) is 22.9. The van der Waals surface area contributed by atoms with Gasteiger partial charge in [-0.1, -0.05) is 29.8 Å². The number of rotatable bonds is 2. The summed E-state index contributed by atoms with van der Waals surface area (Å²) in [4.78, 5) is 2.54. The first-order valence-corrected chi connectivity index (χ1v) is 5.76. The molecular formula is C13H20N2. The first-order chi connectivity index (χ1) is 7.25. The Kier molecular flexibility index (Phi) is 3.39. The van der Waals surface area contributed by atoms with Gasteiger partial charge >= 0.3 is 0 Å². The summed E-state index contributed by atoms with van der Waals surface area (Å²) >= 11 is 0. The summed E-state index contributed by atoms with van der Waals surface area (Å²) in [5.74, 6) is 0. The summed E-state index contributed by atoms with van der Waals surface area (Å²) in [7, 11) is 0. The first kappa shape index (κ1) is 10.7. The van der Waals surface area contributed by atoms with Crippen LogP contribution < -0.4 is 5.32 Å². The zero-order chi connectivity index (χ0) is 10.7. The van der Waals surface area contributed by atoms with Crippen molar-refractivity contribution in [3.8, 4) is 0 Å². The summed E-state index contributed by atoms with van der Waals surface area (Å²) in [6.45, 7) is 8.91. The largest absolute Gasteiger partial charge is 0.314 e. The molecule has 0 aliphatic carbocycles. The topological polar surface area (TPSA) is 15.3 Å². The van der Waals surface area contributed by atoms with Gasteiger partial charge in [0.15, 0.2) is 0 Å². The molecule has 82 valence electrons. The van der Waals surface area contributed by atoms with Crippen molar-refractivity contribution in [1.82, 2.24) is 10.2 Å². The second kappa shape index (κ2) is 4.77. The Bertz CT molecular complexity index is 305. The minimum atomic E-state index is 0.653. The van der Waals surface area contributed by atoms with E-state index in [0.717, 1.165) is 26.2 Å². The lowest BCUT2D eigenvalue weighted by Crippen LogP contribution is -2.49. The van der Waals surface area contributed by atoms with Crippen LogP contribution in [0.5, 0.6) is 0 Å². The molecule has 1 heterocycles. The van der Waals surface area contributed by atoms with Crippen LogP contribution in [0, 0.1) is 6.92 Å². The van der Waals surface area contributed by atoms with E-state index in [4.69, 9.17) is 0 Å². The zero-order valence-electron chi connectivity index (χ0n) is 9.66. The number of nitrogens with one attached hydrogen (secondary N) is 1. The van der Waals surface area contributed by atoms with E-state index in [1.165, 1.54) is 11.1 Å². The molecule has 0 bridgehead atoms. The van der Waals surface area contributed by atoms with E-state index in [9.17, 15) is 0 Å². The highest BCUT2D eigenvalue weighted by Gasteiger charge is 2.17. The molecule has 0 aromatic heterocycles. The molecule has 1 aromatic rings. The van der Waals surface area contributed by atoms with Gasteiger partial charge in [-0.3, -0.25) is 4.90 Å². The van der Waals surface area contributed by atoms with E-state index in [0.29, 0.717) is 6.04 Å². The lowest BCUT2D eigenvalue weighted by atomic mass is 10.1. The van der Waals surface area contributed by atoms with Gasteiger partial charge in [0, 0.05) is 32.2 Å². The molecule has 1 aliphatic heterocycles. The number of benzene rings is 1. The van der Waals surface area contributed by atoms with Crippen LogP contribution in [-0.4, -0.2) is 30.6 Å². The van der Waals surface area contributed by atoms with Crippen LogP contribution in [-0.2, 0) is 6.54 Å². The van der Waals surface area contributed by atoms with Crippen molar-refractivity contribution < 1.29 is 0 Å². The quantitative estimate of drug-likeness (QED) is 0.790. The summed E-state index contributed by atoms with van der Waals surface area (Å²) in [5.41, 5.74) is 2.77. The zero-order valence-corrected chi connectivity index (χ0v) is 9.66. The molecule has 1 aliphatic rings. The van der Waals surface area contributed by atoms with E-state index in [-0.39, 0.29) is 0 Å². The molecule has 0 amide bonds. The highest BCUT2D eigenvalue weighted by molar-refractivity contribution is 5.21. The molecule has 15 heavy (non-hydrogen) atoms. The van der Waals surface area contributed by atoms with Gasteiger partial charge in [0.2, 0.25) is 0 Å². The van der Waals surface area contributed by atoms with Gasteiger partial charge in [-0.2, -0.15) is 0 Å². The number of hydrogen-bond acceptors (Lipinski definition) is 2. The van der Waals surface area contributed by atoms with Gasteiger partial charge in [-0.05, 0) is 19.4 Å². The van der Waals surface area contributed by atoms with E-state index < -0.39 is 0 Å². The Labute approximate surface area is 92.3 Å². The van der Waals surface area contributed by atoms with Gasteiger partial charge in [0.05, 0.1) is 0 Å². The van der Waals surface area contributed by atoms with Gasteiger partial charge < -0.3 is 5.32 Å². The molecule has 1 unspecified atom stereocenters. The molecule has 1 saturated heterocycles. The Morgan fingerprint density at radius 2 is 2.07 bits per heavy atom. The Morgan fingerprint density at radius 1 is 1.33 bits per heavy atom. The van der Waals surface area contributed by atoms with E-state index >= 15 is 0 Å². The van der Waals surface area contributed by atoms with Gasteiger partial charge in [0.25, 0.3) is 0 Å². The maximum Gasteiger partial charge on any atom is 0.0237 e. The standard InChI is InChI=1S/C13H20N2/c1-11-3-5-13(6-4-11)10-15-8-7-14-9-12(15)2/h3-6,12,14H,7-10H2,1-2H3. The molecule has 2 heteroatoms. The molecule has 1 atom stereocenters. The predicted octanol–water partition coefficient (Wildman–Crippen LogP) is 1.79. The van der Waals surface area contributed by atoms with Crippen LogP contribution >= 0.6 is 0 Å². The number of hydrogen-bond donors (Lipinski definition) is 1. The van der Waals surface area contributed by atoms with E-state index in [2.05, 4.69) is 48.3 Å². The molecule has 1 N–H and O–H groups in total. The summed E-state index contributed by atoms with van der Waals surface area (Å²) in [6, 6.07) is 9.53.